The Bertz CT molecular complexity index is 783. The molecule has 4 nitrogen and oxygen atoms in total. The maximum atomic E-state index is 13.3. The lowest BCUT2D eigenvalue weighted by molar-refractivity contribution is -0.109. The van der Waals surface area contributed by atoms with Gasteiger partial charge >= 0.3 is 0 Å². The van der Waals surface area contributed by atoms with Gasteiger partial charge in [-0.05, 0) is 53.8 Å². The van der Waals surface area contributed by atoms with Crippen molar-refractivity contribution in [1.29, 1.82) is 5.26 Å². The van der Waals surface area contributed by atoms with Crippen molar-refractivity contribution in [2.45, 2.75) is 25.0 Å². The lowest BCUT2D eigenvalue weighted by atomic mass is 9.81. The van der Waals surface area contributed by atoms with Crippen LogP contribution in [0, 0.1) is 17.1 Å². The minimum Gasteiger partial charge on any atom is -0.361 e. The second-order valence-electron chi connectivity index (χ2n) is 5.78. The number of nitrogens with zero attached hydrogens (tertiary/aromatic N) is 1. The molecule has 0 saturated heterocycles. The molecule has 2 aromatic carbocycles. The zero-order valence-corrected chi connectivity index (χ0v) is 13.1. The molecule has 1 unspecified atom stereocenters. The third kappa shape index (κ3) is 2.89. The van der Waals surface area contributed by atoms with E-state index >= 15 is 0 Å². The van der Waals surface area contributed by atoms with Crippen LogP contribution in [0.15, 0.2) is 42.5 Å². The van der Waals surface area contributed by atoms with E-state index in [9.17, 15) is 9.18 Å². The lowest BCUT2D eigenvalue weighted by Gasteiger charge is -2.30. The highest BCUT2D eigenvalue weighted by Crippen LogP contribution is 2.45. The first-order chi connectivity index (χ1) is 11.7. The van der Waals surface area contributed by atoms with Crippen LogP contribution in [0.5, 0.6) is 0 Å². The van der Waals surface area contributed by atoms with Crippen molar-refractivity contribution in [3.8, 4) is 6.07 Å². The van der Waals surface area contributed by atoms with Crippen molar-refractivity contribution >= 4 is 6.41 Å². The minimum atomic E-state index is -0.679. The number of hydrogen-bond acceptors (Lipinski definition) is 3. The Kier molecular flexibility index (Phi) is 4.59. The molecule has 1 atom stereocenters. The van der Waals surface area contributed by atoms with E-state index in [-0.39, 0.29) is 5.82 Å². The van der Waals surface area contributed by atoms with E-state index in [0.717, 1.165) is 23.1 Å². The first kappa shape index (κ1) is 16.2. The van der Waals surface area contributed by atoms with Crippen LogP contribution >= 0.6 is 0 Å². The summed E-state index contributed by atoms with van der Waals surface area (Å²) in [5.41, 5.74) is 2.76. The normalized spacial score (nSPS) is 18.7. The van der Waals surface area contributed by atoms with Crippen molar-refractivity contribution in [3.05, 3.63) is 70.5 Å². The van der Waals surface area contributed by atoms with Crippen molar-refractivity contribution in [2.75, 3.05) is 6.54 Å². The summed E-state index contributed by atoms with van der Waals surface area (Å²) in [7, 11) is 0. The van der Waals surface area contributed by atoms with Crippen molar-refractivity contribution in [3.63, 3.8) is 0 Å². The van der Waals surface area contributed by atoms with Crippen LogP contribution in [0.3, 0.4) is 0 Å². The molecule has 122 valence electrons. The molecular formula is C19H17FN2O2. The number of rotatable bonds is 6. The Hall–Kier alpha value is -2.71. The van der Waals surface area contributed by atoms with Gasteiger partial charge in [0.2, 0.25) is 6.41 Å². The Balaban J connectivity index is 2.00. The molecule has 3 rings (SSSR count). The Labute approximate surface area is 139 Å². The minimum absolute atomic E-state index is 0.297. The van der Waals surface area contributed by atoms with Gasteiger partial charge in [0.05, 0.1) is 18.2 Å². The maximum absolute atomic E-state index is 13.3. The first-order valence-corrected chi connectivity index (χ1v) is 7.80. The van der Waals surface area contributed by atoms with Crippen LogP contribution in [0.2, 0.25) is 0 Å². The lowest BCUT2D eigenvalue weighted by Crippen LogP contribution is -2.28. The van der Waals surface area contributed by atoms with Crippen LogP contribution in [-0.2, 0) is 21.7 Å². The first-order valence-electron chi connectivity index (χ1n) is 7.80. The van der Waals surface area contributed by atoms with Crippen molar-refractivity contribution in [2.24, 2.45) is 0 Å². The molecule has 2 aromatic rings. The van der Waals surface area contributed by atoms with Crippen LogP contribution < -0.4 is 5.32 Å². The van der Waals surface area contributed by atoms with Gasteiger partial charge in [0.15, 0.2) is 0 Å². The number of benzene rings is 2. The molecule has 5 heteroatoms. The highest BCUT2D eigenvalue weighted by atomic mass is 19.1. The second kappa shape index (κ2) is 6.81. The van der Waals surface area contributed by atoms with Crippen LogP contribution in [0.4, 0.5) is 4.39 Å². The van der Waals surface area contributed by atoms with Gasteiger partial charge in [0.1, 0.15) is 11.4 Å². The fourth-order valence-electron chi connectivity index (χ4n) is 3.26. The molecule has 0 radical (unpaired) electrons. The van der Waals surface area contributed by atoms with E-state index in [0.29, 0.717) is 31.5 Å². The average molecular weight is 324 g/mol. The monoisotopic (exact) mass is 324 g/mol. The summed E-state index contributed by atoms with van der Waals surface area (Å²) in [6, 6.07) is 14.0. The van der Waals surface area contributed by atoms with Crippen LogP contribution in [0.25, 0.3) is 0 Å². The molecule has 1 N–H and O–H groups in total. The van der Waals surface area contributed by atoms with E-state index in [1.807, 2.05) is 12.1 Å². The molecule has 0 aromatic heterocycles. The van der Waals surface area contributed by atoms with Crippen LogP contribution in [-0.4, -0.2) is 13.0 Å². The zero-order chi connectivity index (χ0) is 17.0. The van der Waals surface area contributed by atoms with E-state index in [1.165, 1.54) is 12.1 Å². The quantitative estimate of drug-likeness (QED) is 0.656. The third-order valence-corrected chi connectivity index (χ3v) is 4.39. The van der Waals surface area contributed by atoms with Crippen LogP contribution in [0.1, 0.15) is 35.1 Å². The Morgan fingerprint density at radius 1 is 1.29 bits per heavy atom. The standard InChI is InChI=1S/C19H17FN2O2/c20-17-5-3-16(4-6-17)19(8-1-9-22-13-23)18-7-2-14(11-21)10-15(18)12-24-19/h2-7,10,13H,1,8-9,12H2,(H,22,23). The fraction of sp³-hybridized carbons (Fsp3) is 0.263. The van der Waals surface area contributed by atoms with Gasteiger partial charge in [-0.2, -0.15) is 5.26 Å². The van der Waals surface area contributed by atoms with E-state index < -0.39 is 5.60 Å². The number of fused-ring (bicyclic) bond motifs is 1. The van der Waals surface area contributed by atoms with Gasteiger partial charge in [-0.3, -0.25) is 4.79 Å². The molecule has 0 spiro atoms. The Morgan fingerprint density at radius 3 is 2.79 bits per heavy atom. The molecular weight excluding hydrogens is 307 g/mol. The van der Waals surface area contributed by atoms with Crippen molar-refractivity contribution < 1.29 is 13.9 Å². The van der Waals surface area contributed by atoms with E-state index in [1.54, 1.807) is 18.2 Å². The summed E-state index contributed by atoms with van der Waals surface area (Å²) >= 11 is 0. The summed E-state index contributed by atoms with van der Waals surface area (Å²) in [6.07, 6.45) is 2.04. The number of carbonyl (C=O) groups is 1. The number of amides is 1. The Morgan fingerprint density at radius 2 is 2.08 bits per heavy atom. The predicted octanol–water partition coefficient (Wildman–Crippen LogP) is 3.00. The molecule has 0 saturated carbocycles. The van der Waals surface area contributed by atoms with E-state index in [2.05, 4.69) is 11.4 Å². The second-order valence-corrected chi connectivity index (χ2v) is 5.78. The van der Waals surface area contributed by atoms with Gasteiger partial charge in [0.25, 0.3) is 0 Å². The molecule has 0 bridgehead atoms. The molecule has 24 heavy (non-hydrogen) atoms. The SMILES string of the molecule is N#Cc1ccc2c(c1)COC2(CCCNC=O)c1ccc(F)cc1. The predicted molar refractivity (Wildman–Crippen MR) is 86.4 cm³/mol. The maximum Gasteiger partial charge on any atom is 0.207 e. The number of halogens is 1. The summed E-state index contributed by atoms with van der Waals surface area (Å²) in [5.74, 6) is -0.297. The van der Waals surface area contributed by atoms with Crippen molar-refractivity contribution in [1.82, 2.24) is 5.32 Å². The molecule has 0 aliphatic carbocycles. The summed E-state index contributed by atoms with van der Waals surface area (Å²) in [6.45, 7) is 0.949. The smallest absolute Gasteiger partial charge is 0.207 e. The van der Waals surface area contributed by atoms with E-state index in [4.69, 9.17) is 10.00 Å². The summed E-state index contributed by atoms with van der Waals surface area (Å²) in [5, 5.41) is 11.7. The molecule has 1 aliphatic heterocycles. The summed E-state index contributed by atoms with van der Waals surface area (Å²) < 4.78 is 19.5. The molecule has 1 heterocycles. The summed E-state index contributed by atoms with van der Waals surface area (Å²) in [4.78, 5) is 10.4. The van der Waals surface area contributed by atoms with Gasteiger partial charge in [-0.25, -0.2) is 4.39 Å². The number of hydrogen-bond donors (Lipinski definition) is 1. The fourth-order valence-corrected chi connectivity index (χ4v) is 3.26. The van der Waals surface area contributed by atoms with Gasteiger partial charge in [-0.15, -0.1) is 0 Å². The average Bonchev–Trinajstić information content (AvgIpc) is 2.98. The largest absolute Gasteiger partial charge is 0.361 e. The highest BCUT2D eigenvalue weighted by molar-refractivity contribution is 5.48. The topological polar surface area (TPSA) is 62.1 Å². The number of carbonyl (C=O) groups excluding carboxylic acids is 1. The zero-order valence-electron chi connectivity index (χ0n) is 13.1. The molecule has 1 aliphatic rings. The number of ether oxygens (including phenoxy) is 1. The van der Waals surface area contributed by atoms with Gasteiger partial charge in [0, 0.05) is 6.54 Å². The highest BCUT2D eigenvalue weighted by Gasteiger charge is 2.41. The number of nitriles is 1. The molecule has 1 amide bonds. The van der Waals surface area contributed by atoms with Gasteiger partial charge < -0.3 is 10.1 Å². The third-order valence-electron chi connectivity index (χ3n) is 4.39. The van der Waals surface area contributed by atoms with Gasteiger partial charge in [-0.1, -0.05) is 18.2 Å². The molecule has 0 fully saturated rings. The number of nitrogens with one attached hydrogen (secondary N) is 1.